The predicted octanol–water partition coefficient (Wildman–Crippen LogP) is 3.97. The lowest BCUT2D eigenvalue weighted by molar-refractivity contribution is 0.102. The number of hydrogen-bond donors (Lipinski definition) is 2. The molecule has 0 saturated carbocycles. The number of benzene rings is 2. The number of anilines is 1. The Labute approximate surface area is 126 Å². The molecule has 2 aromatic heterocycles. The van der Waals surface area contributed by atoms with Gasteiger partial charge in [-0.3, -0.25) is 9.78 Å². The van der Waals surface area contributed by atoms with Crippen molar-refractivity contribution in [3.05, 3.63) is 72.6 Å². The summed E-state index contributed by atoms with van der Waals surface area (Å²) in [6.45, 7) is 0. The van der Waals surface area contributed by atoms with Crippen LogP contribution in [0, 0.1) is 0 Å². The van der Waals surface area contributed by atoms with E-state index >= 15 is 0 Å². The second-order valence-corrected chi connectivity index (χ2v) is 5.12. The topological polar surface area (TPSA) is 57.8 Å². The maximum atomic E-state index is 12.4. The van der Waals surface area contributed by atoms with Crippen LogP contribution in [0.25, 0.3) is 21.8 Å². The largest absolute Gasteiger partial charge is 0.359 e. The number of para-hydroxylation sites is 2. The van der Waals surface area contributed by atoms with Crippen LogP contribution in [0.2, 0.25) is 0 Å². The van der Waals surface area contributed by atoms with Gasteiger partial charge in [0.15, 0.2) is 0 Å². The van der Waals surface area contributed by atoms with E-state index in [1.54, 1.807) is 12.4 Å². The van der Waals surface area contributed by atoms with Gasteiger partial charge in [0.1, 0.15) is 0 Å². The number of fused-ring (bicyclic) bond motifs is 2. The number of carbonyl (C=O) groups is 1. The Kier molecular flexibility index (Phi) is 2.86. The van der Waals surface area contributed by atoms with Crippen molar-refractivity contribution in [1.82, 2.24) is 9.97 Å². The van der Waals surface area contributed by atoms with Gasteiger partial charge < -0.3 is 10.3 Å². The van der Waals surface area contributed by atoms with E-state index in [1.807, 2.05) is 54.6 Å². The summed E-state index contributed by atoms with van der Waals surface area (Å²) in [5, 5.41) is 4.88. The molecule has 4 nitrogen and oxygen atoms in total. The van der Waals surface area contributed by atoms with Crippen LogP contribution >= 0.6 is 0 Å². The van der Waals surface area contributed by atoms with Crippen molar-refractivity contribution in [2.45, 2.75) is 0 Å². The fourth-order valence-electron chi connectivity index (χ4n) is 2.56. The monoisotopic (exact) mass is 287 g/mol. The first kappa shape index (κ1) is 12.6. The highest BCUT2D eigenvalue weighted by atomic mass is 16.1. The molecule has 2 N–H and O–H groups in total. The van der Waals surface area contributed by atoms with E-state index < -0.39 is 0 Å². The van der Waals surface area contributed by atoms with Crippen LogP contribution in [-0.2, 0) is 0 Å². The molecule has 4 heteroatoms. The second kappa shape index (κ2) is 5.00. The van der Waals surface area contributed by atoms with Crippen molar-refractivity contribution in [1.29, 1.82) is 0 Å². The van der Waals surface area contributed by atoms with Crippen LogP contribution in [0.5, 0.6) is 0 Å². The highest BCUT2D eigenvalue weighted by molar-refractivity contribution is 6.09. The second-order valence-electron chi connectivity index (χ2n) is 5.12. The van der Waals surface area contributed by atoms with E-state index in [2.05, 4.69) is 15.3 Å². The SMILES string of the molecule is O=C(Nc1c[nH]c2ccccc12)c1cnc2ccccc2c1. The number of nitrogens with zero attached hydrogens (tertiary/aromatic N) is 1. The number of pyridine rings is 1. The third kappa shape index (κ3) is 2.11. The Morgan fingerprint density at radius 1 is 1.05 bits per heavy atom. The fourth-order valence-corrected chi connectivity index (χ4v) is 2.56. The maximum absolute atomic E-state index is 12.4. The van der Waals surface area contributed by atoms with Gasteiger partial charge in [-0.2, -0.15) is 0 Å². The summed E-state index contributed by atoms with van der Waals surface area (Å²) < 4.78 is 0. The van der Waals surface area contributed by atoms with Crippen LogP contribution in [0.3, 0.4) is 0 Å². The summed E-state index contributed by atoms with van der Waals surface area (Å²) in [6.07, 6.45) is 3.41. The van der Waals surface area contributed by atoms with Gasteiger partial charge in [0.2, 0.25) is 0 Å². The number of aromatic amines is 1. The van der Waals surface area contributed by atoms with Crippen LogP contribution < -0.4 is 5.32 Å². The van der Waals surface area contributed by atoms with E-state index in [0.29, 0.717) is 5.56 Å². The van der Waals surface area contributed by atoms with Crippen LogP contribution in [0.1, 0.15) is 10.4 Å². The van der Waals surface area contributed by atoms with Gasteiger partial charge >= 0.3 is 0 Å². The lowest BCUT2D eigenvalue weighted by atomic mass is 10.1. The Morgan fingerprint density at radius 2 is 1.86 bits per heavy atom. The molecule has 0 aliphatic heterocycles. The quantitative estimate of drug-likeness (QED) is 0.586. The van der Waals surface area contributed by atoms with E-state index in [9.17, 15) is 4.79 Å². The van der Waals surface area contributed by atoms with Crippen molar-refractivity contribution in [3.63, 3.8) is 0 Å². The molecule has 4 aromatic rings. The minimum Gasteiger partial charge on any atom is -0.359 e. The van der Waals surface area contributed by atoms with Gasteiger partial charge in [-0.05, 0) is 18.2 Å². The standard InChI is InChI=1S/C18H13N3O/c22-18(13-9-12-5-1-3-7-15(12)19-10-13)21-17-11-20-16-8-4-2-6-14(16)17/h1-11,20H,(H,21,22). The molecule has 0 unspecified atom stereocenters. The lowest BCUT2D eigenvalue weighted by Crippen LogP contribution is -2.11. The Bertz CT molecular complexity index is 988. The Morgan fingerprint density at radius 3 is 2.82 bits per heavy atom. The van der Waals surface area contributed by atoms with Gasteiger partial charge in [-0.15, -0.1) is 0 Å². The number of amides is 1. The van der Waals surface area contributed by atoms with Crippen molar-refractivity contribution in [3.8, 4) is 0 Å². The molecule has 0 fully saturated rings. The highest BCUT2D eigenvalue weighted by Gasteiger charge is 2.10. The molecular weight excluding hydrogens is 274 g/mol. The molecule has 0 bridgehead atoms. The van der Waals surface area contributed by atoms with E-state index in [4.69, 9.17) is 0 Å². The van der Waals surface area contributed by atoms with Crippen molar-refractivity contribution in [2.75, 3.05) is 5.32 Å². The highest BCUT2D eigenvalue weighted by Crippen LogP contribution is 2.23. The number of rotatable bonds is 2. The molecule has 22 heavy (non-hydrogen) atoms. The number of aromatic nitrogens is 2. The van der Waals surface area contributed by atoms with Gasteiger partial charge in [-0.1, -0.05) is 36.4 Å². The molecule has 0 aliphatic carbocycles. The molecule has 106 valence electrons. The first-order valence-electron chi connectivity index (χ1n) is 7.03. The summed E-state index contributed by atoms with van der Waals surface area (Å²) in [5.41, 5.74) is 3.19. The predicted molar refractivity (Wildman–Crippen MR) is 88.0 cm³/mol. The molecule has 0 atom stereocenters. The van der Waals surface area contributed by atoms with Gasteiger partial charge in [-0.25, -0.2) is 0 Å². The lowest BCUT2D eigenvalue weighted by Gasteiger charge is -2.05. The first-order valence-corrected chi connectivity index (χ1v) is 7.03. The smallest absolute Gasteiger partial charge is 0.257 e. The Hall–Kier alpha value is -3.14. The zero-order chi connectivity index (χ0) is 14.9. The van der Waals surface area contributed by atoms with E-state index in [1.165, 1.54) is 0 Å². The third-order valence-corrected chi connectivity index (χ3v) is 3.69. The average molecular weight is 287 g/mol. The number of nitrogens with one attached hydrogen (secondary N) is 2. The molecule has 2 aromatic carbocycles. The molecule has 0 spiro atoms. The fraction of sp³-hybridized carbons (Fsp3) is 0. The maximum Gasteiger partial charge on any atom is 0.257 e. The van der Waals surface area contributed by atoms with Crippen LogP contribution in [-0.4, -0.2) is 15.9 Å². The van der Waals surface area contributed by atoms with E-state index in [-0.39, 0.29) is 5.91 Å². The van der Waals surface area contributed by atoms with Crippen molar-refractivity contribution >= 4 is 33.4 Å². The average Bonchev–Trinajstić information content (AvgIpc) is 2.97. The summed E-state index contributed by atoms with van der Waals surface area (Å²) >= 11 is 0. The van der Waals surface area contributed by atoms with Gasteiger partial charge in [0.05, 0.1) is 16.8 Å². The minimum atomic E-state index is -0.164. The first-order chi connectivity index (χ1) is 10.8. The molecule has 2 heterocycles. The molecule has 1 amide bonds. The van der Waals surface area contributed by atoms with Crippen molar-refractivity contribution in [2.24, 2.45) is 0 Å². The van der Waals surface area contributed by atoms with Crippen molar-refractivity contribution < 1.29 is 4.79 Å². The minimum absolute atomic E-state index is 0.164. The van der Waals surface area contributed by atoms with Crippen LogP contribution in [0.15, 0.2) is 67.0 Å². The summed E-state index contributed by atoms with van der Waals surface area (Å²) in [5.74, 6) is -0.164. The van der Waals surface area contributed by atoms with Gasteiger partial charge in [0.25, 0.3) is 5.91 Å². The van der Waals surface area contributed by atoms with Crippen LogP contribution in [0.4, 0.5) is 5.69 Å². The number of carbonyl (C=O) groups excluding carboxylic acids is 1. The summed E-state index contributed by atoms with van der Waals surface area (Å²) in [4.78, 5) is 19.9. The molecule has 0 radical (unpaired) electrons. The number of H-pyrrole nitrogens is 1. The molecule has 0 aliphatic rings. The van der Waals surface area contributed by atoms with E-state index in [0.717, 1.165) is 27.5 Å². The number of hydrogen-bond acceptors (Lipinski definition) is 2. The molecule has 0 saturated heterocycles. The van der Waals surface area contributed by atoms with Gasteiger partial charge in [0, 0.05) is 28.7 Å². The summed E-state index contributed by atoms with van der Waals surface area (Å²) in [7, 11) is 0. The molecule has 4 rings (SSSR count). The normalized spacial score (nSPS) is 10.9. The zero-order valence-corrected chi connectivity index (χ0v) is 11.7. The third-order valence-electron chi connectivity index (χ3n) is 3.69. The molecular formula is C18H13N3O. The Balaban J connectivity index is 1.68. The summed E-state index contributed by atoms with van der Waals surface area (Å²) in [6, 6.07) is 17.4. The zero-order valence-electron chi connectivity index (χ0n) is 11.7.